The van der Waals surface area contributed by atoms with E-state index in [4.69, 9.17) is 5.26 Å². The van der Waals surface area contributed by atoms with Crippen LogP contribution in [0.25, 0.3) is 6.08 Å². The van der Waals surface area contributed by atoms with Crippen LogP contribution in [0.4, 0.5) is 0 Å². The van der Waals surface area contributed by atoms with Crippen LogP contribution in [-0.2, 0) is 16.9 Å². The fourth-order valence-corrected chi connectivity index (χ4v) is 2.92. The van der Waals surface area contributed by atoms with Crippen molar-refractivity contribution in [2.75, 3.05) is 0 Å². The van der Waals surface area contributed by atoms with E-state index in [2.05, 4.69) is 0 Å². The molecule has 0 bridgehead atoms. The van der Waals surface area contributed by atoms with Gasteiger partial charge in [0.1, 0.15) is 6.07 Å². The van der Waals surface area contributed by atoms with Crippen molar-refractivity contribution < 1.29 is 8.42 Å². The Morgan fingerprint density at radius 2 is 1.90 bits per heavy atom. The molecular weight excluding hydrogens is 272 g/mol. The van der Waals surface area contributed by atoms with Crippen molar-refractivity contribution in [2.45, 2.75) is 11.8 Å². The van der Waals surface area contributed by atoms with Gasteiger partial charge in [-0.2, -0.15) is 5.26 Å². The van der Waals surface area contributed by atoms with Crippen molar-refractivity contribution in [1.29, 1.82) is 5.26 Å². The zero-order valence-electron chi connectivity index (χ0n) is 11.2. The smallest absolute Gasteiger partial charge is 0.216 e. The molecule has 1 heterocycles. The average molecular weight is 286 g/mol. The van der Waals surface area contributed by atoms with Crippen molar-refractivity contribution in [3.63, 3.8) is 0 Å². The number of allylic oxidation sites excluding steroid dienone is 1. The summed E-state index contributed by atoms with van der Waals surface area (Å²) >= 11 is 0. The number of aromatic nitrogens is 1. The van der Waals surface area contributed by atoms with Gasteiger partial charge < -0.3 is 4.57 Å². The number of benzene rings is 1. The Hall–Kier alpha value is -2.32. The molecule has 2 rings (SSSR count). The number of sulfone groups is 1. The first-order valence-electron chi connectivity index (χ1n) is 6.00. The molecule has 0 aliphatic rings. The summed E-state index contributed by atoms with van der Waals surface area (Å²) in [5, 5.41) is 9.16. The van der Waals surface area contributed by atoms with Crippen molar-refractivity contribution in [3.05, 3.63) is 58.8 Å². The first kappa shape index (κ1) is 14.1. The van der Waals surface area contributed by atoms with Gasteiger partial charge in [0, 0.05) is 18.9 Å². The van der Waals surface area contributed by atoms with Gasteiger partial charge in [-0.1, -0.05) is 17.7 Å². The summed E-state index contributed by atoms with van der Waals surface area (Å²) < 4.78 is 26.6. The lowest BCUT2D eigenvalue weighted by molar-refractivity contribution is 0.603. The number of hydrogen-bond acceptors (Lipinski definition) is 3. The Bertz CT molecular complexity index is 791. The van der Waals surface area contributed by atoms with Crippen LogP contribution >= 0.6 is 0 Å². The molecule has 0 unspecified atom stereocenters. The molecule has 0 radical (unpaired) electrons. The van der Waals surface area contributed by atoms with Gasteiger partial charge in [0.2, 0.25) is 9.84 Å². The molecule has 1 aromatic carbocycles. The van der Waals surface area contributed by atoms with Crippen LogP contribution in [-0.4, -0.2) is 13.0 Å². The van der Waals surface area contributed by atoms with Crippen molar-refractivity contribution >= 4 is 15.9 Å². The SMILES string of the molecule is Cc1ccc(S(=O)(=O)C(C#N)=Cc2cccn2C)cc1. The van der Waals surface area contributed by atoms with Gasteiger partial charge in [-0.05, 0) is 37.3 Å². The third-order valence-corrected chi connectivity index (χ3v) is 4.67. The maximum Gasteiger partial charge on any atom is 0.216 e. The predicted octanol–water partition coefficient (Wildman–Crippen LogP) is 2.67. The standard InChI is InChI=1S/C15H14N2O2S/c1-12-5-7-14(8-6-12)20(18,19)15(11-16)10-13-4-3-9-17(13)2/h3-10H,1-2H3. The number of hydrogen-bond donors (Lipinski definition) is 0. The van der Waals surface area contributed by atoms with Gasteiger partial charge in [-0.3, -0.25) is 0 Å². The number of aryl methyl sites for hydroxylation is 2. The zero-order valence-corrected chi connectivity index (χ0v) is 12.1. The predicted molar refractivity (Wildman–Crippen MR) is 77.4 cm³/mol. The van der Waals surface area contributed by atoms with E-state index in [1.807, 2.05) is 6.92 Å². The second-order valence-electron chi connectivity index (χ2n) is 4.48. The third kappa shape index (κ3) is 2.65. The van der Waals surface area contributed by atoms with E-state index in [1.165, 1.54) is 18.2 Å². The monoisotopic (exact) mass is 286 g/mol. The molecule has 0 spiro atoms. The second kappa shape index (κ2) is 5.35. The summed E-state index contributed by atoms with van der Waals surface area (Å²) in [5.41, 5.74) is 1.63. The molecule has 5 heteroatoms. The molecule has 102 valence electrons. The zero-order chi connectivity index (χ0) is 14.8. The number of nitriles is 1. The molecule has 4 nitrogen and oxygen atoms in total. The van der Waals surface area contributed by atoms with E-state index in [1.54, 1.807) is 48.1 Å². The number of rotatable bonds is 3. The highest BCUT2D eigenvalue weighted by Gasteiger charge is 2.20. The molecule has 0 aliphatic carbocycles. The molecule has 0 saturated carbocycles. The summed E-state index contributed by atoms with van der Waals surface area (Å²) in [4.78, 5) is -0.131. The minimum absolute atomic E-state index is 0.130. The molecule has 0 amide bonds. The quantitative estimate of drug-likeness (QED) is 0.815. The summed E-state index contributed by atoms with van der Waals surface area (Å²) in [6, 6.07) is 11.8. The minimum atomic E-state index is -3.77. The Morgan fingerprint density at radius 3 is 2.40 bits per heavy atom. The summed E-state index contributed by atoms with van der Waals surface area (Å²) in [5.74, 6) is 0. The highest BCUT2D eigenvalue weighted by atomic mass is 32.2. The Labute approximate surface area is 118 Å². The molecular formula is C15H14N2O2S. The van der Waals surface area contributed by atoms with E-state index in [-0.39, 0.29) is 9.80 Å². The van der Waals surface area contributed by atoms with Crippen molar-refractivity contribution in [2.24, 2.45) is 7.05 Å². The van der Waals surface area contributed by atoms with E-state index in [0.717, 1.165) is 5.56 Å². The lowest BCUT2D eigenvalue weighted by Crippen LogP contribution is -2.04. The van der Waals surface area contributed by atoms with Gasteiger partial charge >= 0.3 is 0 Å². The molecule has 0 aliphatic heterocycles. The topological polar surface area (TPSA) is 62.9 Å². The fraction of sp³-hybridized carbons (Fsp3) is 0.133. The van der Waals surface area contributed by atoms with E-state index < -0.39 is 9.84 Å². The Balaban J connectivity index is 2.52. The van der Waals surface area contributed by atoms with E-state index >= 15 is 0 Å². The van der Waals surface area contributed by atoms with Gasteiger partial charge in [0.05, 0.1) is 4.90 Å². The molecule has 0 fully saturated rings. The van der Waals surface area contributed by atoms with Crippen LogP contribution < -0.4 is 0 Å². The maximum absolute atomic E-state index is 12.4. The van der Waals surface area contributed by atoms with Crippen LogP contribution in [0.1, 0.15) is 11.3 Å². The van der Waals surface area contributed by atoms with E-state index in [9.17, 15) is 8.42 Å². The largest absolute Gasteiger partial charge is 0.351 e. The van der Waals surface area contributed by atoms with Crippen LogP contribution in [0.3, 0.4) is 0 Å². The van der Waals surface area contributed by atoms with Gasteiger partial charge in [-0.25, -0.2) is 8.42 Å². The fourth-order valence-electron chi connectivity index (χ4n) is 1.77. The van der Waals surface area contributed by atoms with Crippen molar-refractivity contribution in [3.8, 4) is 6.07 Å². The van der Waals surface area contributed by atoms with E-state index in [0.29, 0.717) is 5.69 Å². The lowest BCUT2D eigenvalue weighted by Gasteiger charge is -2.04. The summed E-state index contributed by atoms with van der Waals surface area (Å²) in [7, 11) is -1.98. The first-order valence-corrected chi connectivity index (χ1v) is 7.48. The second-order valence-corrected chi connectivity index (χ2v) is 6.40. The third-order valence-electron chi connectivity index (χ3n) is 2.99. The molecule has 1 aromatic heterocycles. The minimum Gasteiger partial charge on any atom is -0.351 e. The van der Waals surface area contributed by atoms with Crippen molar-refractivity contribution in [1.82, 2.24) is 4.57 Å². The van der Waals surface area contributed by atoms with Crippen LogP contribution in [0.15, 0.2) is 52.4 Å². The van der Waals surface area contributed by atoms with Crippen LogP contribution in [0.5, 0.6) is 0 Å². The first-order chi connectivity index (χ1) is 9.45. The van der Waals surface area contributed by atoms with Gasteiger partial charge in [0.15, 0.2) is 4.91 Å². The summed E-state index contributed by atoms with van der Waals surface area (Å²) in [6.45, 7) is 1.88. The molecule has 0 saturated heterocycles. The maximum atomic E-state index is 12.4. The molecule has 20 heavy (non-hydrogen) atoms. The Kier molecular flexibility index (Phi) is 3.77. The molecule has 0 atom stereocenters. The highest BCUT2D eigenvalue weighted by molar-refractivity contribution is 7.95. The Morgan fingerprint density at radius 1 is 1.25 bits per heavy atom. The highest BCUT2D eigenvalue weighted by Crippen LogP contribution is 2.21. The van der Waals surface area contributed by atoms with Crippen LogP contribution in [0, 0.1) is 18.3 Å². The van der Waals surface area contributed by atoms with Gasteiger partial charge in [0.25, 0.3) is 0 Å². The van der Waals surface area contributed by atoms with Crippen LogP contribution in [0.2, 0.25) is 0 Å². The molecule has 2 aromatic rings. The van der Waals surface area contributed by atoms with Gasteiger partial charge in [-0.15, -0.1) is 0 Å². The lowest BCUT2D eigenvalue weighted by atomic mass is 10.2. The average Bonchev–Trinajstić information content (AvgIpc) is 2.81. The summed E-state index contributed by atoms with van der Waals surface area (Å²) in [6.07, 6.45) is 3.18. The normalized spacial score (nSPS) is 12.2. The number of nitrogens with zero attached hydrogens (tertiary/aromatic N) is 2. The molecule has 0 N–H and O–H groups in total.